The molecular formula is C21H16ClFN2O2. The Morgan fingerprint density at radius 1 is 0.926 bits per heavy atom. The first-order chi connectivity index (χ1) is 13.1. The number of nitrogens with zero attached hydrogens (tertiary/aromatic N) is 2. The molecule has 0 bridgehead atoms. The van der Waals surface area contributed by atoms with Gasteiger partial charge in [-0.1, -0.05) is 48.0 Å². The molecule has 0 radical (unpaired) electrons. The number of rotatable bonds is 4. The maximum absolute atomic E-state index is 14.2. The zero-order chi connectivity index (χ0) is 19.0. The SMILES string of the molecule is COc1cc(-c2ccccc2)ccc1-n1ncc2c(Cl)c(F)c(OC)cc21. The molecule has 27 heavy (non-hydrogen) atoms. The van der Waals surface area contributed by atoms with Gasteiger partial charge in [-0.3, -0.25) is 0 Å². The van der Waals surface area contributed by atoms with Crippen molar-refractivity contribution < 1.29 is 13.9 Å². The standard InChI is InChI=1S/C21H16ClFN2O2/c1-26-18-10-14(13-6-4-3-5-7-13)8-9-16(18)25-17-11-19(27-2)21(23)20(22)15(17)12-24-25/h3-12H,1-2H3. The lowest BCUT2D eigenvalue weighted by atomic mass is 10.0. The number of fused-ring (bicyclic) bond motifs is 1. The Balaban J connectivity index is 1.90. The molecule has 0 amide bonds. The summed E-state index contributed by atoms with van der Waals surface area (Å²) in [4.78, 5) is 0. The third kappa shape index (κ3) is 2.90. The molecule has 3 aromatic carbocycles. The van der Waals surface area contributed by atoms with E-state index in [9.17, 15) is 4.39 Å². The predicted molar refractivity (Wildman–Crippen MR) is 105 cm³/mol. The second kappa shape index (κ2) is 6.93. The Hall–Kier alpha value is -3.05. The molecule has 0 aliphatic carbocycles. The van der Waals surface area contributed by atoms with Crippen LogP contribution in [0.1, 0.15) is 0 Å². The highest BCUT2D eigenvalue weighted by molar-refractivity contribution is 6.35. The summed E-state index contributed by atoms with van der Waals surface area (Å²) in [7, 11) is 3.00. The molecule has 0 fully saturated rings. The minimum Gasteiger partial charge on any atom is -0.494 e. The molecular weight excluding hydrogens is 367 g/mol. The fourth-order valence-corrected chi connectivity index (χ4v) is 3.32. The Morgan fingerprint density at radius 3 is 2.37 bits per heavy atom. The van der Waals surface area contributed by atoms with Crippen molar-refractivity contribution in [3.05, 3.63) is 71.6 Å². The van der Waals surface area contributed by atoms with Gasteiger partial charge in [-0.25, -0.2) is 9.07 Å². The van der Waals surface area contributed by atoms with Crippen LogP contribution < -0.4 is 9.47 Å². The fraction of sp³-hybridized carbons (Fsp3) is 0.0952. The van der Waals surface area contributed by atoms with Crippen LogP contribution in [-0.4, -0.2) is 24.0 Å². The molecule has 0 N–H and O–H groups in total. The van der Waals surface area contributed by atoms with Crippen molar-refractivity contribution in [2.45, 2.75) is 0 Å². The zero-order valence-electron chi connectivity index (χ0n) is 14.7. The van der Waals surface area contributed by atoms with Crippen LogP contribution in [0.3, 0.4) is 0 Å². The third-order valence-electron chi connectivity index (χ3n) is 4.45. The first-order valence-corrected chi connectivity index (χ1v) is 8.65. The summed E-state index contributed by atoms with van der Waals surface area (Å²) in [6, 6.07) is 17.4. The molecule has 4 rings (SSSR count). The van der Waals surface area contributed by atoms with Crippen molar-refractivity contribution in [3.8, 4) is 28.3 Å². The molecule has 0 saturated heterocycles. The average molecular weight is 383 g/mol. The van der Waals surface area contributed by atoms with E-state index >= 15 is 0 Å². The summed E-state index contributed by atoms with van der Waals surface area (Å²) in [5, 5.41) is 4.87. The maximum Gasteiger partial charge on any atom is 0.184 e. The van der Waals surface area contributed by atoms with E-state index in [1.165, 1.54) is 13.3 Å². The van der Waals surface area contributed by atoms with Gasteiger partial charge >= 0.3 is 0 Å². The molecule has 4 aromatic rings. The van der Waals surface area contributed by atoms with Crippen LogP contribution in [0, 0.1) is 5.82 Å². The molecule has 4 nitrogen and oxygen atoms in total. The predicted octanol–water partition coefficient (Wildman–Crippen LogP) is 5.50. The van der Waals surface area contributed by atoms with Crippen LogP contribution in [-0.2, 0) is 0 Å². The van der Waals surface area contributed by atoms with Crippen LogP contribution >= 0.6 is 11.6 Å². The minimum atomic E-state index is -0.599. The van der Waals surface area contributed by atoms with E-state index in [0.717, 1.165) is 16.8 Å². The van der Waals surface area contributed by atoms with Crippen molar-refractivity contribution in [3.63, 3.8) is 0 Å². The van der Waals surface area contributed by atoms with Crippen molar-refractivity contribution >= 4 is 22.5 Å². The maximum atomic E-state index is 14.2. The Morgan fingerprint density at radius 2 is 1.67 bits per heavy atom. The smallest absolute Gasteiger partial charge is 0.184 e. The molecule has 0 unspecified atom stereocenters. The van der Waals surface area contributed by atoms with Gasteiger partial charge in [0.05, 0.1) is 31.0 Å². The molecule has 0 aliphatic heterocycles. The topological polar surface area (TPSA) is 36.3 Å². The molecule has 0 aliphatic rings. The van der Waals surface area contributed by atoms with Crippen LogP contribution in [0.5, 0.6) is 11.5 Å². The van der Waals surface area contributed by atoms with Gasteiger partial charge in [-0.05, 0) is 23.3 Å². The van der Waals surface area contributed by atoms with Crippen LogP contribution in [0.15, 0.2) is 60.8 Å². The lowest BCUT2D eigenvalue weighted by Gasteiger charge is -2.13. The second-order valence-electron chi connectivity index (χ2n) is 5.95. The molecule has 6 heteroatoms. The van der Waals surface area contributed by atoms with E-state index < -0.39 is 5.82 Å². The summed E-state index contributed by atoms with van der Waals surface area (Å²) in [5.41, 5.74) is 3.45. The number of hydrogen-bond acceptors (Lipinski definition) is 3. The van der Waals surface area contributed by atoms with E-state index in [2.05, 4.69) is 5.10 Å². The third-order valence-corrected chi connectivity index (χ3v) is 4.82. The summed E-state index contributed by atoms with van der Waals surface area (Å²) < 4.78 is 26.6. The van der Waals surface area contributed by atoms with E-state index in [1.54, 1.807) is 17.9 Å². The first kappa shape index (κ1) is 17.4. The van der Waals surface area contributed by atoms with Gasteiger partial charge in [0, 0.05) is 11.5 Å². The highest BCUT2D eigenvalue weighted by Crippen LogP contribution is 2.36. The van der Waals surface area contributed by atoms with Gasteiger partial charge in [0.1, 0.15) is 11.4 Å². The zero-order valence-corrected chi connectivity index (χ0v) is 15.5. The van der Waals surface area contributed by atoms with Gasteiger partial charge in [0.15, 0.2) is 11.6 Å². The van der Waals surface area contributed by atoms with E-state index in [0.29, 0.717) is 16.7 Å². The monoisotopic (exact) mass is 382 g/mol. The average Bonchev–Trinajstić information content (AvgIpc) is 3.14. The molecule has 1 heterocycles. The van der Waals surface area contributed by atoms with Crippen LogP contribution in [0.25, 0.3) is 27.7 Å². The number of halogens is 2. The van der Waals surface area contributed by atoms with Gasteiger partial charge in [-0.2, -0.15) is 5.10 Å². The fourth-order valence-electron chi connectivity index (χ4n) is 3.08. The molecule has 1 aromatic heterocycles. The summed E-state index contributed by atoms with van der Waals surface area (Å²) in [5.74, 6) is 0.104. The number of methoxy groups -OCH3 is 2. The lowest BCUT2D eigenvalue weighted by molar-refractivity contribution is 0.387. The number of hydrogen-bond donors (Lipinski definition) is 0. The summed E-state index contributed by atoms with van der Waals surface area (Å²) in [6.45, 7) is 0. The molecule has 0 spiro atoms. The van der Waals surface area contributed by atoms with Gasteiger partial charge in [0.25, 0.3) is 0 Å². The van der Waals surface area contributed by atoms with Crippen molar-refractivity contribution in [2.24, 2.45) is 0 Å². The van der Waals surface area contributed by atoms with Crippen LogP contribution in [0.2, 0.25) is 5.02 Å². The Kier molecular flexibility index (Phi) is 4.46. The minimum absolute atomic E-state index is 0.0181. The normalized spacial score (nSPS) is 11.0. The van der Waals surface area contributed by atoms with Crippen molar-refractivity contribution in [2.75, 3.05) is 14.2 Å². The van der Waals surface area contributed by atoms with Crippen molar-refractivity contribution in [1.82, 2.24) is 9.78 Å². The lowest BCUT2D eigenvalue weighted by Crippen LogP contribution is -2.00. The number of ether oxygens (including phenoxy) is 2. The van der Waals surface area contributed by atoms with E-state index in [-0.39, 0.29) is 10.8 Å². The summed E-state index contributed by atoms with van der Waals surface area (Å²) >= 11 is 6.15. The van der Waals surface area contributed by atoms with Gasteiger partial charge < -0.3 is 9.47 Å². The van der Waals surface area contributed by atoms with Crippen LogP contribution in [0.4, 0.5) is 4.39 Å². The quantitative estimate of drug-likeness (QED) is 0.467. The molecule has 0 saturated carbocycles. The van der Waals surface area contributed by atoms with E-state index in [4.69, 9.17) is 21.1 Å². The highest BCUT2D eigenvalue weighted by Gasteiger charge is 2.18. The Bertz CT molecular complexity index is 1130. The first-order valence-electron chi connectivity index (χ1n) is 8.27. The molecule has 136 valence electrons. The van der Waals surface area contributed by atoms with Crippen molar-refractivity contribution in [1.29, 1.82) is 0 Å². The van der Waals surface area contributed by atoms with E-state index in [1.807, 2.05) is 48.5 Å². The van der Waals surface area contributed by atoms with Gasteiger partial charge in [-0.15, -0.1) is 0 Å². The molecule has 0 atom stereocenters. The number of aromatic nitrogens is 2. The second-order valence-corrected chi connectivity index (χ2v) is 6.33. The Labute approximate surface area is 160 Å². The largest absolute Gasteiger partial charge is 0.494 e. The highest BCUT2D eigenvalue weighted by atomic mass is 35.5. The van der Waals surface area contributed by atoms with Gasteiger partial charge in [0.2, 0.25) is 0 Å². The number of benzene rings is 3. The summed E-state index contributed by atoms with van der Waals surface area (Å²) in [6.07, 6.45) is 1.53.